The molecule has 5 saturated heterocycles. The zero-order valence-corrected chi connectivity index (χ0v) is 51.8. The van der Waals surface area contributed by atoms with E-state index in [0.717, 1.165) is 20.8 Å². The van der Waals surface area contributed by atoms with Crippen LogP contribution in [0.4, 0.5) is 0 Å². The molecule has 0 aromatic heterocycles. The molecule has 0 aromatic carbocycles. The first-order valence-electron chi connectivity index (χ1n) is 25.2. The summed E-state index contributed by atoms with van der Waals surface area (Å²) in [7, 11) is -40.4. The third-order valence-corrected chi connectivity index (χ3v) is 18.6. The van der Waals surface area contributed by atoms with Crippen molar-refractivity contribution < 1.29 is 187 Å². The van der Waals surface area contributed by atoms with Gasteiger partial charge in [-0.1, -0.05) is 34.6 Å². The third kappa shape index (κ3) is 19.2. The minimum absolute atomic E-state index is 0.621. The summed E-state index contributed by atoms with van der Waals surface area (Å²) in [5, 5.41) is 25.8. The average molecular weight is 1420 g/mol. The molecule has 0 aromatic rings. The van der Waals surface area contributed by atoms with Crippen molar-refractivity contribution in [2.45, 2.75) is 165 Å². The van der Waals surface area contributed by atoms with Crippen molar-refractivity contribution in [3.05, 3.63) is 0 Å². The molecule has 1 saturated carbocycles. The molecule has 0 bridgehead atoms. The molecule has 514 valence electrons. The number of aliphatic carboxylic acids is 2. The van der Waals surface area contributed by atoms with Crippen LogP contribution in [-0.2, 0) is 159 Å². The van der Waals surface area contributed by atoms with Crippen molar-refractivity contribution in [2.75, 3.05) is 26.9 Å². The van der Waals surface area contributed by atoms with Gasteiger partial charge in [-0.15, -0.1) is 0 Å². The maximum Gasteiger partial charge on any atom is 0.218 e. The van der Waals surface area contributed by atoms with Gasteiger partial charge in [0.05, 0.1) is 55.7 Å². The van der Waals surface area contributed by atoms with Gasteiger partial charge in [0, 0.05) is 36.7 Å². The van der Waals surface area contributed by atoms with E-state index < -0.39 is 262 Å². The van der Waals surface area contributed by atoms with E-state index in [-0.39, 0.29) is 0 Å². The van der Waals surface area contributed by atoms with Crippen LogP contribution in [0.1, 0.15) is 48.5 Å². The number of rotatable bonds is 28. The Morgan fingerprint density at radius 2 is 0.727 bits per heavy atom. The first kappa shape index (κ1) is 74.7. The second-order valence-corrected chi connectivity index (χ2v) is 28.3. The van der Waals surface area contributed by atoms with Crippen LogP contribution in [0, 0.1) is 41.4 Å². The maximum atomic E-state index is 12.9. The van der Waals surface area contributed by atoms with Crippen molar-refractivity contribution in [2.24, 2.45) is 41.4 Å². The molecule has 5 aliphatic heterocycles. The largest absolute Gasteiger partial charge is 0.726 e. The lowest BCUT2D eigenvalue weighted by Gasteiger charge is -2.51. The van der Waals surface area contributed by atoms with Crippen molar-refractivity contribution in [1.82, 2.24) is 0 Å². The van der Waals surface area contributed by atoms with Gasteiger partial charge in [0.15, 0.2) is 31.3 Å². The first-order chi connectivity index (χ1) is 39.9. The molecule has 6 fully saturated rings. The van der Waals surface area contributed by atoms with Crippen molar-refractivity contribution in [3.63, 3.8) is 0 Å². The molecule has 5 heterocycles. The van der Waals surface area contributed by atoms with E-state index in [1.165, 1.54) is 27.9 Å². The highest BCUT2D eigenvalue weighted by atomic mass is 32.3. The second-order valence-electron chi connectivity index (χ2n) is 21.1. The highest BCUT2D eigenvalue weighted by Crippen LogP contribution is 2.64. The minimum Gasteiger partial charge on any atom is -0.726 e. The van der Waals surface area contributed by atoms with Gasteiger partial charge < -0.3 is 99.0 Å². The van der Waals surface area contributed by atoms with Crippen LogP contribution in [-0.4, -0.2) is 246 Å². The molecule has 14 unspecified atom stereocenters. The smallest absolute Gasteiger partial charge is 0.218 e. The fraction of sp³-hybridized carbons (Fsp3) is 0.949. The average Bonchev–Trinajstić information content (AvgIpc) is 1.52. The Kier molecular flexibility index (Phi) is 23.4. The molecule has 26 atom stereocenters. The summed E-state index contributed by atoms with van der Waals surface area (Å²) in [5.74, 6) is -13.1. The molecule has 42 nitrogen and oxygen atoms in total. The summed E-state index contributed by atoms with van der Waals surface area (Å²) in [6.07, 6.45) is -40.9. The molecule has 49 heteroatoms. The van der Waals surface area contributed by atoms with Gasteiger partial charge in [-0.3, -0.25) is 29.3 Å². The molecule has 0 radical (unpaired) electrons. The normalized spacial score (nSPS) is 41.4. The Morgan fingerprint density at radius 3 is 1.15 bits per heavy atom. The SMILES string of the molecule is CO[C@@H]1C(COS(=O)(=O)[O-])O[C@H](O[C@@H]2C(C(=O)[O-])O[C@H](O[C@H]3C(COS(=O)(=O)[O-])O[C@@H](OC4(C)[C@H]5C(C(=O)[O-])O[C@H](O[C@@H]6C(COS(=O)(=O)[O-])O[C@H](C)C(OS(=O)(=O)[O-])C6OS(=O)(=O)[O-])C(C)[C@@H]54)C(OS(=O)(=O)[O-])[C@H]3OS(=O)(=O)[O-])C(C)C2C)C(C)C1C. The molecule has 6 aliphatic rings. The molecule has 88 heavy (non-hydrogen) atoms. The zero-order valence-electron chi connectivity index (χ0n) is 46.1. The standard InChI is InChI=1S/C39H64O42S7/c1-12-14(3)35(70-18(23(12)65-8)9-66-82(44,45)46)72-24-13(2)15(4)36(76-31(24)34(42)43)73-27-20(11-68-84(50,51)52)71-38(32(81-88(62,63)64)30(27)80-87(59,60)61)77-39(7)21-16(5)37(75-28(22(21)39)33(40)41)74-26-19(10-67-83(47,48)49)69-17(6)25(78-85(53,54)55)29(26)79-86(56,57)58/h12-32,35-38H,9-11H2,1-8H3,(H,40,41)(H,42,43)(H,44,45,46)(H,47,48,49)(H,50,51,52)(H,53,54,55)(H,56,57,58)(H,59,60,61)(H,62,63,64)/p-9/t12?,13?,14?,15?,16?,17-,18?,19?,20?,21+,22-,23+,24+,25?,26-,27+,28?,29?,30+,31?,32?,35-,36+,37+,38+,39?/m1/s1. The van der Waals surface area contributed by atoms with Crippen LogP contribution in [0.25, 0.3) is 0 Å². The maximum absolute atomic E-state index is 12.9. The molecule has 0 amide bonds. The Morgan fingerprint density at radius 1 is 0.386 bits per heavy atom. The summed E-state index contributed by atoms with van der Waals surface area (Å²) in [6.45, 7) is 4.41. The van der Waals surface area contributed by atoms with E-state index in [1.807, 2.05) is 0 Å². The molecule has 1 aliphatic carbocycles. The summed E-state index contributed by atoms with van der Waals surface area (Å²) < 4.78 is 340. The summed E-state index contributed by atoms with van der Waals surface area (Å²) in [6, 6.07) is 0. The molecular formula is C39H55O42S7-9. The van der Waals surface area contributed by atoms with Crippen molar-refractivity contribution >= 4 is 84.7 Å². The fourth-order valence-electron chi connectivity index (χ4n) is 11.4. The van der Waals surface area contributed by atoms with E-state index in [1.54, 1.807) is 6.92 Å². The lowest BCUT2D eigenvalue weighted by atomic mass is 9.82. The molecule has 0 spiro atoms. The van der Waals surface area contributed by atoms with Crippen LogP contribution in [0.3, 0.4) is 0 Å². The number of carboxylic acids is 2. The monoisotopic (exact) mass is 1420 g/mol. The van der Waals surface area contributed by atoms with E-state index in [4.69, 9.17) is 47.4 Å². The number of carboxylic acid groups (broad SMARTS) is 2. The highest BCUT2D eigenvalue weighted by molar-refractivity contribution is 7.82. The van der Waals surface area contributed by atoms with Crippen LogP contribution in [0.15, 0.2) is 0 Å². The van der Waals surface area contributed by atoms with Crippen LogP contribution in [0.2, 0.25) is 0 Å². The minimum atomic E-state index is -6.34. The van der Waals surface area contributed by atoms with Gasteiger partial charge in [-0.25, -0.2) is 58.9 Å². The summed E-state index contributed by atoms with van der Waals surface area (Å²) in [5.41, 5.74) is -2.38. The first-order valence-corrected chi connectivity index (χ1v) is 34.5. The number of hydrogen-bond acceptors (Lipinski definition) is 42. The van der Waals surface area contributed by atoms with Gasteiger partial charge in [0.2, 0.25) is 72.8 Å². The Hall–Kier alpha value is -2.37. The van der Waals surface area contributed by atoms with E-state index in [2.05, 4.69) is 29.3 Å². The van der Waals surface area contributed by atoms with Gasteiger partial charge in [0.1, 0.15) is 61.0 Å². The predicted octanol–water partition coefficient (Wildman–Crippen LogP) is -8.64. The van der Waals surface area contributed by atoms with E-state index >= 15 is 0 Å². The fourth-order valence-corrected chi connectivity index (χ4v) is 14.3. The number of fused-ring (bicyclic) bond motifs is 1. The Labute approximate surface area is 502 Å². The zero-order chi connectivity index (χ0) is 66.7. The Bertz CT molecular complexity index is 3310. The lowest BCUT2D eigenvalue weighted by molar-refractivity contribution is -0.376. The molecular weight excluding hydrogens is 1360 g/mol. The van der Waals surface area contributed by atoms with E-state index in [0.29, 0.717) is 0 Å². The summed E-state index contributed by atoms with van der Waals surface area (Å²) >= 11 is 0. The second kappa shape index (κ2) is 27.5. The van der Waals surface area contributed by atoms with Gasteiger partial charge >= 0.3 is 0 Å². The predicted molar refractivity (Wildman–Crippen MR) is 252 cm³/mol. The highest BCUT2D eigenvalue weighted by Gasteiger charge is 2.74. The van der Waals surface area contributed by atoms with Crippen molar-refractivity contribution in [3.8, 4) is 0 Å². The van der Waals surface area contributed by atoms with E-state index in [9.17, 15) is 111 Å². The number of methoxy groups -OCH3 is 1. The van der Waals surface area contributed by atoms with Gasteiger partial charge in [0.25, 0.3) is 0 Å². The van der Waals surface area contributed by atoms with Gasteiger partial charge in [-0.05, 0) is 25.7 Å². The quantitative estimate of drug-likeness (QED) is 0.0518. The molecule has 0 N–H and O–H groups in total. The van der Waals surface area contributed by atoms with Crippen molar-refractivity contribution in [1.29, 1.82) is 0 Å². The third-order valence-electron chi connectivity index (χ3n) is 15.5. The number of carbonyl (C=O) groups is 2. The Balaban J connectivity index is 1.37. The summed E-state index contributed by atoms with van der Waals surface area (Å²) in [4.78, 5) is 25.8. The lowest BCUT2D eigenvalue weighted by Crippen LogP contribution is -2.66. The van der Waals surface area contributed by atoms with Crippen LogP contribution in [0.5, 0.6) is 0 Å². The number of carbonyl (C=O) groups excluding carboxylic acids is 2. The van der Waals surface area contributed by atoms with Crippen LogP contribution < -0.4 is 10.2 Å². The van der Waals surface area contributed by atoms with Crippen LogP contribution >= 0.6 is 0 Å². The van der Waals surface area contributed by atoms with Gasteiger partial charge in [-0.2, -0.15) is 0 Å². The number of hydrogen-bond donors (Lipinski definition) is 0. The molecule has 6 rings (SSSR count). The topological polar surface area (TPSA) is 638 Å². The number of ether oxygens (including phenoxy) is 10.